The number of imide groups is 1. The van der Waals surface area contributed by atoms with Gasteiger partial charge in [-0.3, -0.25) is 14.8 Å². The number of para-hydroxylation sites is 1. The van der Waals surface area contributed by atoms with E-state index in [1.165, 1.54) is 0 Å². The van der Waals surface area contributed by atoms with Gasteiger partial charge in [0.25, 0.3) is 5.91 Å². The summed E-state index contributed by atoms with van der Waals surface area (Å²) in [5, 5.41) is 11.6. The normalized spacial score (nSPS) is 17.9. The zero-order valence-corrected chi connectivity index (χ0v) is 12.3. The van der Waals surface area contributed by atoms with Crippen molar-refractivity contribution >= 4 is 34.8 Å². The molecule has 0 bridgehead atoms. The van der Waals surface area contributed by atoms with Crippen molar-refractivity contribution in [2.75, 3.05) is 9.96 Å². The van der Waals surface area contributed by atoms with E-state index >= 15 is 0 Å². The van der Waals surface area contributed by atoms with Gasteiger partial charge in [0.15, 0.2) is 0 Å². The van der Waals surface area contributed by atoms with Gasteiger partial charge in [0.2, 0.25) is 5.91 Å². The highest BCUT2D eigenvalue weighted by molar-refractivity contribution is 6.30. The van der Waals surface area contributed by atoms with Crippen LogP contribution >= 0.6 is 11.6 Å². The molecule has 2 aromatic carbocycles. The van der Waals surface area contributed by atoms with Crippen molar-refractivity contribution in [3.63, 3.8) is 0 Å². The minimum atomic E-state index is -0.925. The van der Waals surface area contributed by atoms with Crippen molar-refractivity contribution in [2.45, 2.75) is 12.5 Å². The van der Waals surface area contributed by atoms with E-state index in [4.69, 9.17) is 11.6 Å². The molecule has 0 spiro atoms. The van der Waals surface area contributed by atoms with Crippen molar-refractivity contribution in [3.8, 4) is 0 Å². The number of hydroxylamine groups is 1. The first-order valence-corrected chi connectivity index (χ1v) is 7.11. The number of amides is 2. The van der Waals surface area contributed by atoms with Crippen LogP contribution in [0.15, 0.2) is 54.6 Å². The molecule has 1 aliphatic heterocycles. The highest BCUT2D eigenvalue weighted by atomic mass is 35.5. The van der Waals surface area contributed by atoms with Crippen molar-refractivity contribution in [3.05, 3.63) is 59.6 Å². The number of benzene rings is 2. The third-order valence-electron chi connectivity index (χ3n) is 3.52. The molecule has 22 heavy (non-hydrogen) atoms. The number of halogens is 1. The van der Waals surface area contributed by atoms with Gasteiger partial charge in [-0.2, -0.15) is 0 Å². The summed E-state index contributed by atoms with van der Waals surface area (Å²) in [6, 6.07) is 14.1. The molecule has 0 aliphatic carbocycles. The molecule has 1 N–H and O–H groups in total. The van der Waals surface area contributed by atoms with Gasteiger partial charge >= 0.3 is 0 Å². The van der Waals surface area contributed by atoms with Crippen molar-refractivity contribution in [1.29, 1.82) is 0 Å². The van der Waals surface area contributed by atoms with Crippen molar-refractivity contribution < 1.29 is 14.8 Å². The summed E-state index contributed by atoms with van der Waals surface area (Å²) in [5.41, 5.74) is 0.912. The molecule has 1 atom stereocenters. The molecule has 1 aliphatic rings. The minimum Gasteiger partial charge on any atom is -0.288 e. The summed E-state index contributed by atoms with van der Waals surface area (Å²) in [7, 11) is 0. The first-order valence-electron chi connectivity index (χ1n) is 6.73. The topological polar surface area (TPSA) is 60.9 Å². The Bertz CT molecular complexity index is 703. The Labute approximate surface area is 132 Å². The molecule has 2 amide bonds. The van der Waals surface area contributed by atoms with E-state index in [1.54, 1.807) is 54.6 Å². The highest BCUT2D eigenvalue weighted by Crippen LogP contribution is 2.28. The molecule has 112 valence electrons. The Morgan fingerprint density at radius 2 is 1.68 bits per heavy atom. The number of rotatable bonds is 3. The number of carbonyl (C=O) groups excluding carboxylic acids is 2. The monoisotopic (exact) mass is 316 g/mol. The van der Waals surface area contributed by atoms with Crippen LogP contribution in [0.5, 0.6) is 0 Å². The summed E-state index contributed by atoms with van der Waals surface area (Å²) in [6.07, 6.45) is -0.0765. The Balaban J connectivity index is 1.87. The summed E-state index contributed by atoms with van der Waals surface area (Å²) in [4.78, 5) is 25.7. The third kappa shape index (κ3) is 2.56. The molecule has 2 aromatic rings. The van der Waals surface area contributed by atoms with E-state index in [0.717, 1.165) is 9.96 Å². The number of anilines is 2. The van der Waals surface area contributed by atoms with Crippen LogP contribution in [0.3, 0.4) is 0 Å². The molecular weight excluding hydrogens is 304 g/mol. The van der Waals surface area contributed by atoms with E-state index in [2.05, 4.69) is 0 Å². The summed E-state index contributed by atoms with van der Waals surface area (Å²) in [6.45, 7) is 0. The van der Waals surface area contributed by atoms with Gasteiger partial charge in [0, 0.05) is 5.02 Å². The Morgan fingerprint density at radius 3 is 2.32 bits per heavy atom. The lowest BCUT2D eigenvalue weighted by Crippen LogP contribution is -2.40. The second-order valence-corrected chi connectivity index (χ2v) is 5.38. The van der Waals surface area contributed by atoms with Crippen LogP contribution in [0.2, 0.25) is 5.02 Å². The quantitative estimate of drug-likeness (QED) is 0.698. The Morgan fingerprint density at radius 1 is 1.05 bits per heavy atom. The molecule has 5 nitrogen and oxygen atoms in total. The van der Waals surface area contributed by atoms with Crippen LogP contribution in [-0.2, 0) is 9.59 Å². The van der Waals surface area contributed by atoms with Gasteiger partial charge in [-0.15, -0.1) is 0 Å². The fourth-order valence-corrected chi connectivity index (χ4v) is 2.56. The number of hydrogen-bond acceptors (Lipinski definition) is 4. The van der Waals surface area contributed by atoms with Gasteiger partial charge in [-0.25, -0.2) is 9.96 Å². The average Bonchev–Trinajstić information content (AvgIpc) is 2.83. The van der Waals surface area contributed by atoms with Crippen molar-refractivity contribution in [2.24, 2.45) is 0 Å². The summed E-state index contributed by atoms with van der Waals surface area (Å²) >= 11 is 5.81. The lowest BCUT2D eigenvalue weighted by atomic mass is 10.2. The van der Waals surface area contributed by atoms with E-state index in [9.17, 15) is 14.8 Å². The van der Waals surface area contributed by atoms with Gasteiger partial charge < -0.3 is 0 Å². The SMILES string of the molecule is O=C1CC(N(O)c2ccccc2)C(=O)N1c1ccc(Cl)cc1. The molecule has 0 saturated carbocycles. The predicted molar refractivity (Wildman–Crippen MR) is 83.1 cm³/mol. The smallest absolute Gasteiger partial charge is 0.259 e. The zero-order chi connectivity index (χ0) is 15.7. The first kappa shape index (κ1) is 14.6. The maximum absolute atomic E-state index is 12.5. The fourth-order valence-electron chi connectivity index (χ4n) is 2.43. The maximum atomic E-state index is 12.5. The van der Waals surface area contributed by atoms with Gasteiger partial charge in [0.05, 0.1) is 17.8 Å². The van der Waals surface area contributed by atoms with E-state index in [0.29, 0.717) is 16.4 Å². The van der Waals surface area contributed by atoms with Gasteiger partial charge in [-0.1, -0.05) is 29.8 Å². The van der Waals surface area contributed by atoms with Gasteiger partial charge in [0.1, 0.15) is 6.04 Å². The molecule has 0 aromatic heterocycles. The van der Waals surface area contributed by atoms with Crippen LogP contribution in [0.1, 0.15) is 6.42 Å². The van der Waals surface area contributed by atoms with E-state index in [-0.39, 0.29) is 12.3 Å². The second kappa shape index (κ2) is 5.79. The molecule has 1 fully saturated rings. The molecule has 1 unspecified atom stereocenters. The molecule has 1 saturated heterocycles. The Hall–Kier alpha value is -2.37. The van der Waals surface area contributed by atoms with Crippen molar-refractivity contribution in [1.82, 2.24) is 0 Å². The van der Waals surface area contributed by atoms with Crippen LogP contribution in [-0.4, -0.2) is 23.1 Å². The molecular formula is C16H13ClN2O3. The third-order valence-corrected chi connectivity index (χ3v) is 3.78. The molecule has 3 rings (SSSR count). The van der Waals surface area contributed by atoms with E-state index < -0.39 is 11.9 Å². The Kier molecular flexibility index (Phi) is 3.83. The van der Waals surface area contributed by atoms with Crippen LogP contribution in [0.25, 0.3) is 0 Å². The average molecular weight is 317 g/mol. The van der Waals surface area contributed by atoms with E-state index in [1.807, 2.05) is 0 Å². The summed E-state index contributed by atoms with van der Waals surface area (Å²) < 4.78 is 0. The van der Waals surface area contributed by atoms with Crippen LogP contribution in [0.4, 0.5) is 11.4 Å². The fraction of sp³-hybridized carbons (Fsp3) is 0.125. The second-order valence-electron chi connectivity index (χ2n) is 4.94. The van der Waals surface area contributed by atoms with Crippen LogP contribution < -0.4 is 9.96 Å². The summed E-state index contributed by atoms with van der Waals surface area (Å²) in [5.74, 6) is -0.814. The number of nitrogens with zero attached hydrogens (tertiary/aromatic N) is 2. The highest BCUT2D eigenvalue weighted by Gasteiger charge is 2.43. The predicted octanol–water partition coefficient (Wildman–Crippen LogP) is 2.87. The maximum Gasteiger partial charge on any atom is 0.259 e. The van der Waals surface area contributed by atoms with Crippen LogP contribution in [0, 0.1) is 0 Å². The lowest BCUT2D eigenvalue weighted by molar-refractivity contribution is -0.121. The lowest BCUT2D eigenvalue weighted by Gasteiger charge is -2.22. The first-order chi connectivity index (χ1) is 10.6. The molecule has 6 heteroatoms. The van der Waals surface area contributed by atoms with Gasteiger partial charge in [-0.05, 0) is 36.4 Å². The zero-order valence-electron chi connectivity index (χ0n) is 11.5. The molecule has 1 heterocycles. The number of hydrogen-bond donors (Lipinski definition) is 1. The largest absolute Gasteiger partial charge is 0.288 e. The number of carbonyl (C=O) groups is 2. The molecule has 0 radical (unpaired) electrons. The standard InChI is InChI=1S/C16H13ClN2O3/c17-11-6-8-12(9-7-11)18-15(20)10-14(16(18)21)19(22)13-4-2-1-3-5-13/h1-9,14,22H,10H2. The minimum absolute atomic E-state index is 0.0765.